The Balaban J connectivity index is 1.40. The largest absolute Gasteiger partial charge is 0.368 e. The van der Waals surface area contributed by atoms with Gasteiger partial charge in [-0.1, -0.05) is 59.2 Å². The first kappa shape index (κ1) is 35.2. The number of hydrogen-bond donors (Lipinski definition) is 5. The molecule has 4 aromatic rings. The summed E-state index contributed by atoms with van der Waals surface area (Å²) < 4.78 is 0. The molecule has 2 aromatic carbocycles. The second kappa shape index (κ2) is 16.8. The lowest BCUT2D eigenvalue weighted by atomic mass is 10.0. The number of amides is 3. The van der Waals surface area contributed by atoms with Crippen molar-refractivity contribution < 1.29 is 14.4 Å². The minimum absolute atomic E-state index is 0.0430. The maximum absolute atomic E-state index is 13.7. The molecule has 244 valence electrons. The predicted molar refractivity (Wildman–Crippen MR) is 184 cm³/mol. The lowest BCUT2D eigenvalue weighted by molar-refractivity contribution is -0.141. The molecule has 0 aliphatic heterocycles. The van der Waals surface area contributed by atoms with Crippen LogP contribution in [0.25, 0.3) is 10.9 Å². The minimum atomic E-state index is -0.905. The van der Waals surface area contributed by atoms with Gasteiger partial charge in [0.25, 0.3) is 0 Å². The van der Waals surface area contributed by atoms with Crippen LogP contribution in [0.1, 0.15) is 36.0 Å². The third-order valence-electron chi connectivity index (χ3n) is 7.66. The number of likely N-dealkylation sites (N-methyl/N-ethyl adjacent to an activating group) is 1. The molecule has 0 unspecified atom stereocenters. The number of benzene rings is 2. The molecule has 10 nitrogen and oxygen atoms in total. The minimum Gasteiger partial charge on any atom is -0.368 e. The van der Waals surface area contributed by atoms with Gasteiger partial charge in [0.1, 0.15) is 17.1 Å². The van der Waals surface area contributed by atoms with Crippen molar-refractivity contribution >= 4 is 63.6 Å². The number of hydrogen-bond acceptors (Lipinski definition) is 7. The highest BCUT2D eigenvalue weighted by molar-refractivity contribution is 7.99. The van der Waals surface area contributed by atoms with E-state index in [4.69, 9.17) is 34.7 Å². The zero-order chi connectivity index (χ0) is 33.2. The summed E-state index contributed by atoms with van der Waals surface area (Å²) in [4.78, 5) is 49.3. The normalized spacial score (nSPS) is 12.5. The van der Waals surface area contributed by atoms with Gasteiger partial charge in [-0.15, -0.1) is 0 Å². The number of halogens is 2. The van der Waals surface area contributed by atoms with Gasteiger partial charge in [0.05, 0.1) is 11.6 Å². The van der Waals surface area contributed by atoms with Gasteiger partial charge < -0.3 is 32.0 Å². The Labute approximate surface area is 283 Å². The van der Waals surface area contributed by atoms with E-state index in [9.17, 15) is 14.4 Å². The molecule has 3 amide bonds. The molecule has 2 aromatic heterocycles. The number of nitrogens with two attached hydrogens (primary N) is 2. The van der Waals surface area contributed by atoms with Gasteiger partial charge in [0.2, 0.25) is 17.7 Å². The molecule has 0 saturated heterocycles. The zero-order valence-corrected chi connectivity index (χ0v) is 28.1. The van der Waals surface area contributed by atoms with Crippen molar-refractivity contribution in [3.05, 3.63) is 87.7 Å². The van der Waals surface area contributed by atoms with Crippen LogP contribution in [-0.4, -0.2) is 64.8 Å². The van der Waals surface area contributed by atoms with Gasteiger partial charge in [0.15, 0.2) is 0 Å². The second-order valence-electron chi connectivity index (χ2n) is 11.0. The van der Waals surface area contributed by atoms with Crippen molar-refractivity contribution in [2.45, 2.75) is 61.2 Å². The first-order chi connectivity index (χ1) is 22.1. The van der Waals surface area contributed by atoms with E-state index in [1.54, 1.807) is 19.3 Å². The zero-order valence-electron chi connectivity index (χ0n) is 25.8. The highest BCUT2D eigenvalue weighted by atomic mass is 35.5. The van der Waals surface area contributed by atoms with Crippen molar-refractivity contribution in [1.82, 2.24) is 25.5 Å². The molecule has 0 aliphatic rings. The molecule has 0 radical (unpaired) electrons. The monoisotopic (exact) mass is 683 g/mol. The maximum atomic E-state index is 13.7. The lowest BCUT2D eigenvalue weighted by Crippen LogP contribution is -2.55. The van der Waals surface area contributed by atoms with Crippen LogP contribution in [0, 0.1) is 6.92 Å². The van der Waals surface area contributed by atoms with E-state index in [0.717, 1.165) is 37.5 Å². The van der Waals surface area contributed by atoms with Crippen molar-refractivity contribution in [2.75, 3.05) is 20.1 Å². The summed E-state index contributed by atoms with van der Waals surface area (Å²) >= 11 is 14.0. The smallest absolute Gasteiger partial charge is 0.245 e. The van der Waals surface area contributed by atoms with Gasteiger partial charge in [-0.2, -0.15) is 0 Å². The van der Waals surface area contributed by atoms with E-state index >= 15 is 0 Å². The van der Waals surface area contributed by atoms with E-state index in [0.29, 0.717) is 42.4 Å². The SMILES string of the molecule is Cc1cc(Cl)cc(Cl)c1Sc1ncccc1CNCC(=O)N[C@@H](CCCCN)C(=O)N(C)[C@@H](Cc1c[nH]c2ccccc12)C(N)=O. The Kier molecular flexibility index (Phi) is 12.9. The molecule has 0 saturated carbocycles. The fourth-order valence-corrected chi connectivity index (χ4v) is 6.87. The molecule has 4 rings (SSSR count). The van der Waals surface area contributed by atoms with Gasteiger partial charge in [0, 0.05) is 53.2 Å². The van der Waals surface area contributed by atoms with Crippen molar-refractivity contribution in [1.29, 1.82) is 0 Å². The number of aromatic amines is 1. The number of rotatable bonds is 16. The third-order valence-corrected chi connectivity index (χ3v) is 9.59. The number of H-pyrrole nitrogens is 1. The quantitative estimate of drug-likeness (QED) is 0.108. The Morgan fingerprint density at radius 3 is 2.61 bits per heavy atom. The number of nitrogens with zero attached hydrogens (tertiary/aromatic N) is 2. The summed E-state index contributed by atoms with van der Waals surface area (Å²) in [5.41, 5.74) is 15.1. The number of nitrogens with one attached hydrogen (secondary N) is 3. The number of primary amides is 1. The number of aromatic nitrogens is 2. The molecule has 0 bridgehead atoms. The summed E-state index contributed by atoms with van der Waals surface area (Å²) in [6, 6.07) is 13.2. The Morgan fingerprint density at radius 2 is 1.87 bits per heavy atom. The number of aryl methyl sites for hydroxylation is 1. The summed E-state index contributed by atoms with van der Waals surface area (Å²) in [6.45, 7) is 2.71. The molecule has 2 heterocycles. The molecule has 7 N–H and O–H groups in total. The summed E-state index contributed by atoms with van der Waals surface area (Å²) in [5.74, 6) is -1.38. The number of carbonyl (C=O) groups is 3. The van der Waals surface area contributed by atoms with Crippen LogP contribution >= 0.6 is 35.0 Å². The van der Waals surface area contributed by atoms with Gasteiger partial charge in [-0.25, -0.2) is 4.98 Å². The number of pyridine rings is 1. The van der Waals surface area contributed by atoms with Crippen LogP contribution in [0.5, 0.6) is 0 Å². The first-order valence-corrected chi connectivity index (χ1v) is 16.5. The van der Waals surface area contributed by atoms with Crippen LogP contribution in [-0.2, 0) is 27.3 Å². The van der Waals surface area contributed by atoms with Crippen LogP contribution < -0.4 is 22.1 Å². The Bertz CT molecular complexity index is 1660. The highest BCUT2D eigenvalue weighted by Gasteiger charge is 2.31. The number of unbranched alkanes of at least 4 members (excludes halogenated alkanes) is 1. The second-order valence-corrected chi connectivity index (χ2v) is 12.9. The molecule has 0 spiro atoms. The average Bonchev–Trinajstić information content (AvgIpc) is 3.43. The van der Waals surface area contributed by atoms with Crippen LogP contribution in [0.2, 0.25) is 10.0 Å². The summed E-state index contributed by atoms with van der Waals surface area (Å²) in [5, 5.41) is 8.80. The molecule has 0 fully saturated rings. The van der Waals surface area contributed by atoms with Crippen LogP contribution in [0.4, 0.5) is 0 Å². The van der Waals surface area contributed by atoms with Gasteiger partial charge in [-0.05, 0) is 73.7 Å². The van der Waals surface area contributed by atoms with Crippen molar-refractivity contribution in [3.8, 4) is 0 Å². The standard InChI is InChI=1S/C33H39Cl2N7O3S/c1-20-14-23(34)16-25(35)30(20)46-32-21(8-7-13-39-32)17-38-19-29(43)41-27(11-5-6-12-36)33(45)42(2)28(31(37)44)15-22-18-40-26-10-4-3-9-24(22)26/h3-4,7-10,13-14,16,18,27-28,38,40H,5-6,11-12,15,17,19,36H2,1-2H3,(H2,37,44)(H,41,43)/t27-,28-/m0/s1. The number of para-hydroxylation sites is 1. The van der Waals surface area contributed by atoms with E-state index in [1.807, 2.05) is 55.6 Å². The van der Waals surface area contributed by atoms with Gasteiger partial charge in [-0.3, -0.25) is 14.4 Å². The summed E-state index contributed by atoms with van der Waals surface area (Å²) in [6.07, 6.45) is 5.44. The molecular formula is C33H39Cl2N7O3S. The first-order valence-electron chi connectivity index (χ1n) is 15.0. The third kappa shape index (κ3) is 9.23. The number of carbonyl (C=O) groups excluding carboxylic acids is 3. The van der Waals surface area contributed by atoms with E-state index in [-0.39, 0.29) is 18.9 Å². The molecule has 2 atom stereocenters. The van der Waals surface area contributed by atoms with Crippen molar-refractivity contribution in [2.24, 2.45) is 11.5 Å². The Hall–Kier alpha value is -3.61. The molecule has 0 aliphatic carbocycles. The summed E-state index contributed by atoms with van der Waals surface area (Å²) in [7, 11) is 1.54. The highest BCUT2D eigenvalue weighted by Crippen LogP contribution is 2.38. The maximum Gasteiger partial charge on any atom is 0.245 e. The molecule has 13 heteroatoms. The van der Waals surface area contributed by atoms with Crippen molar-refractivity contribution in [3.63, 3.8) is 0 Å². The fraction of sp³-hybridized carbons (Fsp3) is 0.333. The predicted octanol–water partition coefficient (Wildman–Crippen LogP) is 4.59. The lowest BCUT2D eigenvalue weighted by Gasteiger charge is -2.30. The Morgan fingerprint density at radius 1 is 1.09 bits per heavy atom. The average molecular weight is 685 g/mol. The van der Waals surface area contributed by atoms with Gasteiger partial charge >= 0.3 is 0 Å². The van der Waals surface area contributed by atoms with Crippen LogP contribution in [0.3, 0.4) is 0 Å². The molecular weight excluding hydrogens is 645 g/mol. The van der Waals surface area contributed by atoms with E-state index in [1.165, 1.54) is 16.7 Å². The topological polar surface area (TPSA) is 159 Å². The van der Waals surface area contributed by atoms with E-state index < -0.39 is 23.9 Å². The number of fused-ring (bicyclic) bond motifs is 1. The van der Waals surface area contributed by atoms with E-state index in [2.05, 4.69) is 20.6 Å². The fourth-order valence-electron chi connectivity index (χ4n) is 5.21. The molecule has 46 heavy (non-hydrogen) atoms. The van der Waals surface area contributed by atoms with Crippen LogP contribution in [0.15, 0.2) is 70.8 Å².